The van der Waals surface area contributed by atoms with Crippen molar-refractivity contribution in [3.8, 4) is 0 Å². The van der Waals surface area contributed by atoms with Crippen LogP contribution in [0.15, 0.2) is 58.0 Å². The number of aryl methyl sites for hydroxylation is 1. The zero-order chi connectivity index (χ0) is 19.6. The molecule has 6 heteroatoms. The summed E-state index contributed by atoms with van der Waals surface area (Å²) < 4.78 is 28.7. The van der Waals surface area contributed by atoms with Crippen LogP contribution in [0.1, 0.15) is 36.6 Å². The molecule has 0 aliphatic carbocycles. The minimum absolute atomic E-state index is 0.114. The van der Waals surface area contributed by atoms with Crippen LogP contribution in [0.4, 0.5) is 0 Å². The Hall–Kier alpha value is -2.60. The molecule has 0 radical (unpaired) electrons. The fourth-order valence-corrected chi connectivity index (χ4v) is 3.67. The molecule has 1 amide bonds. The van der Waals surface area contributed by atoms with E-state index in [1.807, 2.05) is 25.1 Å². The van der Waals surface area contributed by atoms with Crippen molar-refractivity contribution in [2.45, 2.75) is 37.6 Å². The van der Waals surface area contributed by atoms with Gasteiger partial charge in [0.25, 0.3) is 0 Å². The van der Waals surface area contributed by atoms with E-state index in [0.29, 0.717) is 0 Å². The highest BCUT2D eigenvalue weighted by Gasteiger charge is 2.15. The fourth-order valence-electron chi connectivity index (χ4n) is 3.04. The molecule has 2 aromatic carbocycles. The average Bonchev–Trinajstić information content (AvgIpc) is 3.02. The van der Waals surface area contributed by atoms with E-state index in [1.165, 1.54) is 11.8 Å². The zero-order valence-electron chi connectivity index (χ0n) is 15.7. The second kappa shape index (κ2) is 7.56. The lowest BCUT2D eigenvalue weighted by Crippen LogP contribution is -2.28. The van der Waals surface area contributed by atoms with Crippen LogP contribution in [0.2, 0.25) is 0 Å². The number of rotatable bonds is 6. The van der Waals surface area contributed by atoms with E-state index in [0.717, 1.165) is 28.5 Å². The molecule has 0 fully saturated rings. The second-order valence-electron chi connectivity index (χ2n) is 6.75. The first kappa shape index (κ1) is 19.2. The van der Waals surface area contributed by atoms with Gasteiger partial charge in [0.2, 0.25) is 5.91 Å². The number of carbonyl (C=O) groups is 1. The maximum Gasteiger partial charge on any atom is 0.225 e. The molecule has 0 aliphatic rings. The van der Waals surface area contributed by atoms with Crippen LogP contribution in [0.3, 0.4) is 0 Å². The number of amides is 1. The normalized spacial score (nSPS) is 12.9. The van der Waals surface area contributed by atoms with Gasteiger partial charge in [-0.3, -0.25) is 4.79 Å². The van der Waals surface area contributed by atoms with Gasteiger partial charge in [0.05, 0.1) is 23.6 Å². The van der Waals surface area contributed by atoms with Crippen LogP contribution in [-0.4, -0.2) is 20.6 Å². The Balaban J connectivity index is 1.68. The van der Waals surface area contributed by atoms with E-state index >= 15 is 0 Å². The smallest absolute Gasteiger partial charge is 0.225 e. The molecule has 3 aromatic rings. The van der Waals surface area contributed by atoms with Crippen LogP contribution < -0.4 is 5.32 Å². The Morgan fingerprint density at radius 1 is 1.15 bits per heavy atom. The maximum atomic E-state index is 12.4. The highest BCUT2D eigenvalue weighted by atomic mass is 32.2. The van der Waals surface area contributed by atoms with Gasteiger partial charge in [0.15, 0.2) is 9.84 Å². The van der Waals surface area contributed by atoms with E-state index in [2.05, 4.69) is 12.2 Å². The summed E-state index contributed by atoms with van der Waals surface area (Å²) in [5.74, 6) is -0.114. The lowest BCUT2D eigenvalue weighted by Gasteiger charge is -2.14. The summed E-state index contributed by atoms with van der Waals surface area (Å²) in [7, 11) is -3.23. The molecule has 1 atom stereocenters. The molecule has 1 N–H and O–H groups in total. The van der Waals surface area contributed by atoms with Gasteiger partial charge in [-0.05, 0) is 42.7 Å². The van der Waals surface area contributed by atoms with Gasteiger partial charge in [0, 0.05) is 17.2 Å². The van der Waals surface area contributed by atoms with Gasteiger partial charge >= 0.3 is 0 Å². The van der Waals surface area contributed by atoms with E-state index in [1.54, 1.807) is 30.5 Å². The quantitative estimate of drug-likeness (QED) is 0.700. The summed E-state index contributed by atoms with van der Waals surface area (Å²) in [5, 5.41) is 3.90. The zero-order valence-corrected chi connectivity index (χ0v) is 16.5. The van der Waals surface area contributed by atoms with E-state index in [4.69, 9.17) is 4.42 Å². The molecule has 0 aliphatic heterocycles. The first-order valence-electron chi connectivity index (χ1n) is 8.86. The van der Waals surface area contributed by atoms with Gasteiger partial charge in [-0.1, -0.05) is 31.2 Å². The van der Waals surface area contributed by atoms with Gasteiger partial charge in [0.1, 0.15) is 5.58 Å². The SMILES string of the molecule is CCc1ccc2c(CC(=O)NC(C)c3ccc(S(C)(=O)=O)cc3)coc2c1. The number of nitrogens with one attached hydrogen (secondary N) is 1. The summed E-state index contributed by atoms with van der Waals surface area (Å²) in [6.07, 6.45) is 3.97. The fraction of sp³-hybridized carbons (Fsp3) is 0.286. The third-order valence-electron chi connectivity index (χ3n) is 4.67. The maximum absolute atomic E-state index is 12.4. The summed E-state index contributed by atoms with van der Waals surface area (Å²) in [5.41, 5.74) is 3.69. The predicted octanol–water partition coefficient (Wildman–Crippen LogP) is 3.82. The number of benzene rings is 2. The highest BCUT2D eigenvalue weighted by Crippen LogP contribution is 2.23. The van der Waals surface area contributed by atoms with Crippen molar-refractivity contribution in [3.05, 3.63) is 65.4 Å². The molecule has 5 nitrogen and oxygen atoms in total. The summed E-state index contributed by atoms with van der Waals surface area (Å²) >= 11 is 0. The van der Waals surface area contributed by atoms with Crippen molar-refractivity contribution >= 4 is 26.7 Å². The number of fused-ring (bicyclic) bond motifs is 1. The van der Waals surface area contributed by atoms with Crippen molar-refractivity contribution in [3.63, 3.8) is 0 Å². The van der Waals surface area contributed by atoms with Crippen LogP contribution in [-0.2, 0) is 27.5 Å². The second-order valence-corrected chi connectivity index (χ2v) is 8.77. The molecule has 0 bridgehead atoms. The third-order valence-corrected chi connectivity index (χ3v) is 5.79. The lowest BCUT2D eigenvalue weighted by molar-refractivity contribution is -0.121. The largest absolute Gasteiger partial charge is 0.464 e. The van der Waals surface area contributed by atoms with E-state index < -0.39 is 9.84 Å². The Morgan fingerprint density at radius 2 is 1.85 bits per heavy atom. The van der Waals surface area contributed by atoms with Crippen molar-refractivity contribution in [2.24, 2.45) is 0 Å². The molecule has 0 spiro atoms. The molecule has 27 heavy (non-hydrogen) atoms. The average molecular weight is 385 g/mol. The van der Waals surface area contributed by atoms with Crippen molar-refractivity contribution in [1.82, 2.24) is 5.32 Å². The van der Waals surface area contributed by atoms with Gasteiger partial charge in [-0.15, -0.1) is 0 Å². The number of hydrogen-bond acceptors (Lipinski definition) is 4. The molecule has 0 saturated heterocycles. The molecular weight excluding hydrogens is 362 g/mol. The Labute approximate surface area is 159 Å². The van der Waals surface area contributed by atoms with Crippen LogP contribution in [0, 0.1) is 0 Å². The van der Waals surface area contributed by atoms with Crippen LogP contribution in [0.25, 0.3) is 11.0 Å². The van der Waals surface area contributed by atoms with Crippen molar-refractivity contribution < 1.29 is 17.6 Å². The number of sulfone groups is 1. The first-order valence-corrected chi connectivity index (χ1v) is 10.8. The van der Waals surface area contributed by atoms with Crippen molar-refractivity contribution in [1.29, 1.82) is 0 Å². The summed E-state index contributed by atoms with van der Waals surface area (Å²) in [4.78, 5) is 12.7. The van der Waals surface area contributed by atoms with E-state index in [9.17, 15) is 13.2 Å². The minimum Gasteiger partial charge on any atom is -0.464 e. The first-order chi connectivity index (χ1) is 12.8. The molecule has 1 aromatic heterocycles. The summed E-state index contributed by atoms with van der Waals surface area (Å²) in [6, 6.07) is 12.4. The number of furan rings is 1. The Morgan fingerprint density at radius 3 is 2.48 bits per heavy atom. The Kier molecular flexibility index (Phi) is 5.37. The van der Waals surface area contributed by atoms with Crippen LogP contribution >= 0.6 is 0 Å². The number of carbonyl (C=O) groups excluding carboxylic acids is 1. The third kappa shape index (κ3) is 4.39. The molecule has 0 saturated carbocycles. The molecule has 1 unspecified atom stereocenters. The number of hydrogen-bond donors (Lipinski definition) is 1. The highest BCUT2D eigenvalue weighted by molar-refractivity contribution is 7.90. The van der Waals surface area contributed by atoms with Gasteiger partial charge in [-0.2, -0.15) is 0 Å². The Bertz CT molecular complexity index is 1070. The molecular formula is C21H23NO4S. The van der Waals surface area contributed by atoms with E-state index in [-0.39, 0.29) is 23.3 Å². The van der Waals surface area contributed by atoms with Crippen molar-refractivity contribution in [2.75, 3.05) is 6.26 Å². The topological polar surface area (TPSA) is 76.4 Å². The van der Waals surface area contributed by atoms with Crippen LogP contribution in [0.5, 0.6) is 0 Å². The standard InChI is InChI=1S/C21H23NO4S/c1-4-15-5-10-19-17(13-26-20(19)11-15)12-21(23)22-14(2)16-6-8-18(9-7-16)27(3,24)25/h5-11,13-14H,4,12H2,1-3H3,(H,22,23). The molecule has 3 rings (SSSR count). The lowest BCUT2D eigenvalue weighted by atomic mass is 10.1. The predicted molar refractivity (Wildman–Crippen MR) is 105 cm³/mol. The van der Waals surface area contributed by atoms with Gasteiger partial charge < -0.3 is 9.73 Å². The molecule has 142 valence electrons. The minimum atomic E-state index is -3.23. The van der Waals surface area contributed by atoms with Gasteiger partial charge in [-0.25, -0.2) is 8.42 Å². The molecule has 1 heterocycles. The monoisotopic (exact) mass is 385 g/mol. The summed E-state index contributed by atoms with van der Waals surface area (Å²) in [6.45, 7) is 3.96.